The summed E-state index contributed by atoms with van der Waals surface area (Å²) < 4.78 is 15.8. The van der Waals surface area contributed by atoms with Crippen molar-refractivity contribution >= 4 is 17.5 Å². The van der Waals surface area contributed by atoms with Gasteiger partial charge in [0.25, 0.3) is 0 Å². The van der Waals surface area contributed by atoms with Gasteiger partial charge in [0.05, 0.1) is 20.8 Å². The van der Waals surface area contributed by atoms with E-state index in [1.165, 1.54) is 0 Å². The van der Waals surface area contributed by atoms with Crippen LogP contribution in [-0.4, -0.2) is 39.2 Å². The lowest BCUT2D eigenvalue weighted by Gasteiger charge is -2.16. The predicted octanol–water partition coefficient (Wildman–Crippen LogP) is 2.62. The molecule has 1 aliphatic rings. The Balaban J connectivity index is 1.45. The van der Waals surface area contributed by atoms with Crippen LogP contribution in [0.1, 0.15) is 12.8 Å². The van der Waals surface area contributed by atoms with E-state index in [0.717, 1.165) is 5.75 Å². The summed E-state index contributed by atoms with van der Waals surface area (Å²) in [5.74, 6) is 1.59. The summed E-state index contributed by atoms with van der Waals surface area (Å²) in [5, 5.41) is 5.60. The molecule has 7 nitrogen and oxygen atoms in total. The van der Waals surface area contributed by atoms with Crippen molar-refractivity contribution in [2.45, 2.75) is 12.8 Å². The largest absolute Gasteiger partial charge is 0.497 e. The van der Waals surface area contributed by atoms with Gasteiger partial charge >= 0.3 is 0 Å². The van der Waals surface area contributed by atoms with Crippen LogP contribution in [0.3, 0.4) is 0 Å². The molecule has 1 saturated carbocycles. The quantitative estimate of drug-likeness (QED) is 0.513. The Morgan fingerprint density at radius 2 is 1.39 bits per heavy atom. The molecule has 1 fully saturated rings. The first-order valence-corrected chi connectivity index (χ1v) is 9.08. The van der Waals surface area contributed by atoms with E-state index >= 15 is 0 Å². The average Bonchev–Trinajstić information content (AvgIpc) is 3.54. The Labute approximate surface area is 164 Å². The minimum atomic E-state index is -0.986. The summed E-state index contributed by atoms with van der Waals surface area (Å²) in [6.45, 7) is 0.636. The molecule has 0 aromatic heterocycles. The number of methoxy groups -OCH3 is 2. The molecular formula is C21H24N2O5. The minimum Gasteiger partial charge on any atom is -0.497 e. The van der Waals surface area contributed by atoms with Crippen LogP contribution in [-0.2, 0) is 9.59 Å². The first-order valence-electron chi connectivity index (χ1n) is 9.08. The van der Waals surface area contributed by atoms with Gasteiger partial charge in [0, 0.05) is 5.69 Å². The molecule has 2 N–H and O–H groups in total. The number of rotatable bonds is 9. The van der Waals surface area contributed by atoms with Crippen molar-refractivity contribution in [3.63, 3.8) is 0 Å². The van der Waals surface area contributed by atoms with Gasteiger partial charge in [0.2, 0.25) is 11.8 Å². The van der Waals surface area contributed by atoms with Crippen LogP contribution in [0.4, 0.5) is 5.69 Å². The molecule has 7 heteroatoms. The zero-order valence-corrected chi connectivity index (χ0v) is 16.0. The third-order valence-electron chi connectivity index (χ3n) is 4.68. The number of hydrogen-bond acceptors (Lipinski definition) is 5. The highest BCUT2D eigenvalue weighted by Crippen LogP contribution is 2.46. The van der Waals surface area contributed by atoms with Crippen molar-refractivity contribution in [3.8, 4) is 17.2 Å². The average molecular weight is 384 g/mol. The zero-order valence-electron chi connectivity index (χ0n) is 16.0. The number of carbonyl (C=O) groups excluding carboxylic acids is 2. The molecule has 0 unspecified atom stereocenters. The lowest BCUT2D eigenvalue weighted by atomic mass is 10.1. The summed E-state index contributed by atoms with van der Waals surface area (Å²) in [4.78, 5) is 25.1. The minimum absolute atomic E-state index is 0.267. The number of anilines is 1. The van der Waals surface area contributed by atoms with Gasteiger partial charge < -0.3 is 24.8 Å². The molecular weight excluding hydrogens is 360 g/mol. The van der Waals surface area contributed by atoms with Gasteiger partial charge in [-0.25, -0.2) is 0 Å². The lowest BCUT2D eigenvalue weighted by molar-refractivity contribution is -0.134. The fraction of sp³-hybridized carbons (Fsp3) is 0.333. The molecule has 28 heavy (non-hydrogen) atoms. The number of benzene rings is 2. The Bertz CT molecular complexity index is 814. The molecule has 0 aliphatic heterocycles. The molecule has 0 spiro atoms. The van der Waals surface area contributed by atoms with E-state index in [1.54, 1.807) is 62.8 Å². The maximum absolute atomic E-state index is 12.6. The molecule has 0 heterocycles. The second-order valence-corrected chi connectivity index (χ2v) is 6.54. The molecule has 0 bridgehead atoms. The van der Waals surface area contributed by atoms with E-state index < -0.39 is 5.41 Å². The number of amides is 2. The first kappa shape index (κ1) is 19.5. The number of hydrogen-bond donors (Lipinski definition) is 2. The van der Waals surface area contributed by atoms with Gasteiger partial charge in [0.1, 0.15) is 29.3 Å². The van der Waals surface area contributed by atoms with Crippen molar-refractivity contribution in [1.29, 1.82) is 0 Å². The van der Waals surface area contributed by atoms with Crippen LogP contribution in [0.25, 0.3) is 0 Å². The highest BCUT2D eigenvalue weighted by atomic mass is 16.5. The number of carbonyl (C=O) groups is 2. The van der Waals surface area contributed by atoms with E-state index in [2.05, 4.69) is 10.6 Å². The molecule has 2 aromatic rings. The Morgan fingerprint density at radius 1 is 0.857 bits per heavy atom. The highest BCUT2D eigenvalue weighted by molar-refractivity contribution is 6.13. The topological polar surface area (TPSA) is 85.9 Å². The van der Waals surface area contributed by atoms with Crippen LogP contribution in [0.5, 0.6) is 17.2 Å². The van der Waals surface area contributed by atoms with Gasteiger partial charge in [0.15, 0.2) is 0 Å². The van der Waals surface area contributed by atoms with E-state index in [0.29, 0.717) is 43.2 Å². The Morgan fingerprint density at radius 3 is 1.93 bits per heavy atom. The third kappa shape index (κ3) is 4.54. The van der Waals surface area contributed by atoms with Crippen LogP contribution < -0.4 is 24.8 Å². The molecule has 2 amide bonds. The molecule has 2 aromatic carbocycles. The second-order valence-electron chi connectivity index (χ2n) is 6.54. The summed E-state index contributed by atoms with van der Waals surface area (Å²) in [5.41, 5.74) is -0.354. The highest BCUT2D eigenvalue weighted by Gasteiger charge is 2.56. The molecule has 0 radical (unpaired) electrons. The molecule has 0 atom stereocenters. The van der Waals surface area contributed by atoms with Crippen LogP contribution in [0.15, 0.2) is 48.5 Å². The maximum atomic E-state index is 12.6. The van der Waals surface area contributed by atoms with Gasteiger partial charge in [-0.3, -0.25) is 9.59 Å². The number of nitrogens with one attached hydrogen (secondary N) is 2. The lowest BCUT2D eigenvalue weighted by Crippen LogP contribution is -2.41. The van der Waals surface area contributed by atoms with Crippen molar-refractivity contribution in [2.24, 2.45) is 5.41 Å². The maximum Gasteiger partial charge on any atom is 0.240 e. The molecule has 0 saturated heterocycles. The second kappa shape index (κ2) is 8.65. The Hall–Kier alpha value is -3.22. The summed E-state index contributed by atoms with van der Waals surface area (Å²) in [6.07, 6.45) is 1.08. The normalized spacial score (nSPS) is 13.9. The predicted molar refractivity (Wildman–Crippen MR) is 105 cm³/mol. The third-order valence-corrected chi connectivity index (χ3v) is 4.68. The van der Waals surface area contributed by atoms with Crippen molar-refractivity contribution in [1.82, 2.24) is 5.32 Å². The summed E-state index contributed by atoms with van der Waals surface area (Å²) in [7, 11) is 3.18. The van der Waals surface area contributed by atoms with E-state index in [1.807, 2.05) is 0 Å². The molecule has 1 aliphatic carbocycles. The fourth-order valence-electron chi connectivity index (χ4n) is 2.78. The standard InChI is InChI=1S/C21H24N2O5/c1-26-16-5-3-15(4-6-16)23-20(25)21(11-12-21)19(24)22-13-14-28-18-9-7-17(27-2)8-10-18/h3-10H,11-14H2,1-2H3,(H,22,24)(H,23,25). The van der Waals surface area contributed by atoms with Gasteiger partial charge in [-0.1, -0.05) is 0 Å². The first-order chi connectivity index (χ1) is 13.6. The SMILES string of the molecule is COc1ccc(NC(=O)C2(C(=O)NCCOc3ccc(OC)cc3)CC2)cc1. The van der Waals surface area contributed by atoms with Crippen LogP contribution in [0, 0.1) is 5.41 Å². The smallest absolute Gasteiger partial charge is 0.240 e. The van der Waals surface area contributed by atoms with Gasteiger partial charge in [-0.05, 0) is 61.4 Å². The monoisotopic (exact) mass is 384 g/mol. The van der Waals surface area contributed by atoms with E-state index in [9.17, 15) is 9.59 Å². The zero-order chi connectivity index (χ0) is 20.0. The van der Waals surface area contributed by atoms with Gasteiger partial charge in [-0.2, -0.15) is 0 Å². The fourth-order valence-corrected chi connectivity index (χ4v) is 2.78. The van der Waals surface area contributed by atoms with Crippen molar-refractivity contribution in [3.05, 3.63) is 48.5 Å². The molecule has 148 valence electrons. The van der Waals surface area contributed by atoms with Crippen LogP contribution >= 0.6 is 0 Å². The summed E-state index contributed by atoms with van der Waals surface area (Å²) in [6, 6.07) is 14.2. The van der Waals surface area contributed by atoms with Crippen LogP contribution in [0.2, 0.25) is 0 Å². The Kier molecular flexibility index (Phi) is 6.03. The molecule has 3 rings (SSSR count). The van der Waals surface area contributed by atoms with E-state index in [4.69, 9.17) is 14.2 Å². The van der Waals surface area contributed by atoms with Crippen molar-refractivity contribution < 1.29 is 23.8 Å². The van der Waals surface area contributed by atoms with E-state index in [-0.39, 0.29) is 11.8 Å². The number of ether oxygens (including phenoxy) is 3. The summed E-state index contributed by atoms with van der Waals surface area (Å²) >= 11 is 0. The van der Waals surface area contributed by atoms with Crippen molar-refractivity contribution in [2.75, 3.05) is 32.7 Å². The van der Waals surface area contributed by atoms with Gasteiger partial charge in [-0.15, -0.1) is 0 Å².